The van der Waals surface area contributed by atoms with E-state index in [1.54, 1.807) is 12.1 Å². The summed E-state index contributed by atoms with van der Waals surface area (Å²) in [6, 6.07) is 13.0. The summed E-state index contributed by atoms with van der Waals surface area (Å²) in [6.07, 6.45) is 6.82. The first-order valence-electron chi connectivity index (χ1n) is 10.8. The van der Waals surface area contributed by atoms with Gasteiger partial charge in [0.1, 0.15) is 6.10 Å². The fourth-order valence-electron chi connectivity index (χ4n) is 3.89. The molecule has 1 saturated heterocycles. The number of piperidine rings is 1. The molecule has 1 aliphatic heterocycles. The molecule has 33 heavy (non-hydrogen) atoms. The summed E-state index contributed by atoms with van der Waals surface area (Å²) < 4.78 is 30.6. The lowest BCUT2D eigenvalue weighted by atomic mass is 10.1. The molecule has 170 valence electrons. The molecule has 5 rings (SSSR count). The van der Waals surface area contributed by atoms with Crippen LogP contribution in [0.4, 0.5) is 5.95 Å². The third kappa shape index (κ3) is 4.84. The second-order valence-electron chi connectivity index (χ2n) is 8.32. The highest BCUT2D eigenvalue weighted by Crippen LogP contribution is 2.33. The van der Waals surface area contributed by atoms with Gasteiger partial charge in [-0.05, 0) is 47.9 Å². The number of aryl methyl sites for hydroxylation is 1. The highest BCUT2D eigenvalue weighted by Gasteiger charge is 2.23. The zero-order valence-corrected chi connectivity index (χ0v) is 20.1. The topological polar surface area (TPSA) is 85.3 Å². The van der Waals surface area contributed by atoms with Gasteiger partial charge in [0.25, 0.3) is 5.19 Å². The normalized spacial score (nSPS) is 15.2. The van der Waals surface area contributed by atoms with Crippen molar-refractivity contribution in [2.45, 2.75) is 30.8 Å². The van der Waals surface area contributed by atoms with E-state index in [4.69, 9.17) is 4.74 Å². The van der Waals surface area contributed by atoms with Crippen molar-refractivity contribution >= 4 is 37.3 Å². The molecule has 4 aromatic rings. The predicted molar refractivity (Wildman–Crippen MR) is 131 cm³/mol. The SMILES string of the molecule is Cc1cnc(N2CCC(Oc3nc4ccc(-c5ccc(S(C)(=O)=O)cc5)cc4s3)CC2)nc1. The molecule has 2 aromatic heterocycles. The van der Waals surface area contributed by atoms with E-state index in [-0.39, 0.29) is 6.10 Å². The van der Waals surface area contributed by atoms with E-state index in [1.807, 2.05) is 43.6 Å². The van der Waals surface area contributed by atoms with E-state index >= 15 is 0 Å². The third-order valence-corrected chi connectivity index (χ3v) is 7.78. The van der Waals surface area contributed by atoms with Crippen molar-refractivity contribution in [3.8, 4) is 16.3 Å². The maximum atomic E-state index is 11.7. The number of anilines is 1. The first-order chi connectivity index (χ1) is 15.8. The Morgan fingerprint density at radius 1 is 1.00 bits per heavy atom. The van der Waals surface area contributed by atoms with Crippen molar-refractivity contribution in [3.63, 3.8) is 0 Å². The van der Waals surface area contributed by atoms with Gasteiger partial charge in [-0.1, -0.05) is 29.5 Å². The maximum Gasteiger partial charge on any atom is 0.274 e. The zero-order valence-electron chi connectivity index (χ0n) is 18.4. The number of hydrogen-bond acceptors (Lipinski definition) is 8. The van der Waals surface area contributed by atoms with Crippen LogP contribution in [0.15, 0.2) is 59.8 Å². The van der Waals surface area contributed by atoms with Crippen LogP contribution in [0.1, 0.15) is 18.4 Å². The Morgan fingerprint density at radius 3 is 2.33 bits per heavy atom. The molecule has 0 aliphatic carbocycles. The number of thiazole rings is 1. The molecule has 0 radical (unpaired) electrons. The quantitative estimate of drug-likeness (QED) is 0.415. The van der Waals surface area contributed by atoms with E-state index in [2.05, 4.69) is 25.9 Å². The van der Waals surface area contributed by atoms with E-state index in [1.165, 1.54) is 17.6 Å². The summed E-state index contributed by atoms with van der Waals surface area (Å²) in [5, 5.41) is 0.680. The number of rotatable bonds is 5. The molecule has 0 amide bonds. The Labute approximate surface area is 197 Å². The second kappa shape index (κ2) is 8.72. The first-order valence-corrected chi connectivity index (χ1v) is 13.5. The molecule has 7 nitrogen and oxygen atoms in total. The Hall–Kier alpha value is -3.04. The fourth-order valence-corrected chi connectivity index (χ4v) is 5.44. The van der Waals surface area contributed by atoms with Crippen LogP contribution in [-0.2, 0) is 9.84 Å². The number of aromatic nitrogens is 3. The Balaban J connectivity index is 1.26. The van der Waals surface area contributed by atoms with Gasteiger partial charge < -0.3 is 9.64 Å². The summed E-state index contributed by atoms with van der Waals surface area (Å²) in [5.74, 6) is 0.774. The van der Waals surface area contributed by atoms with Crippen molar-refractivity contribution < 1.29 is 13.2 Å². The summed E-state index contributed by atoms with van der Waals surface area (Å²) in [4.78, 5) is 16.0. The first kappa shape index (κ1) is 21.8. The average molecular weight is 481 g/mol. The predicted octanol–water partition coefficient (Wildman–Crippen LogP) is 4.51. The maximum absolute atomic E-state index is 11.7. The lowest BCUT2D eigenvalue weighted by molar-refractivity contribution is 0.170. The average Bonchev–Trinajstić information content (AvgIpc) is 3.21. The van der Waals surface area contributed by atoms with Crippen LogP contribution >= 0.6 is 11.3 Å². The minimum atomic E-state index is -3.20. The monoisotopic (exact) mass is 480 g/mol. The minimum absolute atomic E-state index is 0.121. The van der Waals surface area contributed by atoms with Crippen LogP contribution in [0, 0.1) is 6.92 Å². The van der Waals surface area contributed by atoms with Crippen LogP contribution in [0.25, 0.3) is 21.3 Å². The van der Waals surface area contributed by atoms with Gasteiger partial charge in [0.05, 0.1) is 15.1 Å². The molecule has 0 saturated carbocycles. The fraction of sp³-hybridized carbons (Fsp3) is 0.292. The second-order valence-corrected chi connectivity index (χ2v) is 11.3. The van der Waals surface area contributed by atoms with Gasteiger partial charge in [-0.25, -0.2) is 23.4 Å². The lowest BCUT2D eigenvalue weighted by Crippen LogP contribution is -2.39. The van der Waals surface area contributed by atoms with Gasteiger partial charge in [0, 0.05) is 44.6 Å². The number of nitrogens with zero attached hydrogens (tertiary/aromatic N) is 4. The molecular formula is C24H24N4O3S2. The van der Waals surface area contributed by atoms with Crippen molar-refractivity contribution in [2.75, 3.05) is 24.2 Å². The summed E-state index contributed by atoms with van der Waals surface area (Å²) >= 11 is 1.54. The zero-order chi connectivity index (χ0) is 23.0. The lowest BCUT2D eigenvalue weighted by Gasteiger charge is -2.31. The van der Waals surface area contributed by atoms with Crippen LogP contribution in [0.3, 0.4) is 0 Å². The molecule has 1 fully saturated rings. The standard InChI is InChI=1S/C24H24N4O3S2/c1-16-14-25-23(26-15-16)28-11-9-19(10-12-28)31-24-27-21-8-5-18(13-22(21)32-24)17-3-6-20(7-4-17)33(2,29)30/h3-8,13-15,19H,9-12H2,1-2H3. The van der Waals surface area contributed by atoms with Gasteiger partial charge >= 0.3 is 0 Å². The largest absolute Gasteiger partial charge is 0.467 e. The highest BCUT2D eigenvalue weighted by atomic mass is 32.2. The third-order valence-electron chi connectivity index (χ3n) is 5.74. The van der Waals surface area contributed by atoms with Gasteiger partial charge in [-0.15, -0.1) is 0 Å². The van der Waals surface area contributed by atoms with Crippen molar-refractivity contribution in [3.05, 3.63) is 60.4 Å². The van der Waals surface area contributed by atoms with E-state index in [0.717, 1.165) is 58.8 Å². The number of hydrogen-bond donors (Lipinski definition) is 0. The molecule has 0 bridgehead atoms. The molecule has 0 spiro atoms. The highest BCUT2D eigenvalue weighted by molar-refractivity contribution is 7.90. The molecule has 9 heteroatoms. The van der Waals surface area contributed by atoms with Crippen molar-refractivity contribution in [2.24, 2.45) is 0 Å². The Kier molecular flexibility index (Phi) is 5.76. The van der Waals surface area contributed by atoms with E-state index in [9.17, 15) is 8.42 Å². The van der Waals surface area contributed by atoms with Crippen LogP contribution in [0.5, 0.6) is 5.19 Å². The van der Waals surface area contributed by atoms with Crippen LogP contribution in [0.2, 0.25) is 0 Å². The number of ether oxygens (including phenoxy) is 1. The van der Waals surface area contributed by atoms with Gasteiger partial charge in [0.15, 0.2) is 9.84 Å². The van der Waals surface area contributed by atoms with E-state index < -0.39 is 9.84 Å². The van der Waals surface area contributed by atoms with Crippen molar-refractivity contribution in [1.82, 2.24) is 15.0 Å². The number of sulfone groups is 1. The molecule has 0 unspecified atom stereocenters. The molecular weight excluding hydrogens is 456 g/mol. The van der Waals surface area contributed by atoms with Gasteiger partial charge in [-0.3, -0.25) is 0 Å². The Morgan fingerprint density at radius 2 is 1.67 bits per heavy atom. The van der Waals surface area contributed by atoms with E-state index in [0.29, 0.717) is 10.1 Å². The summed E-state index contributed by atoms with van der Waals surface area (Å²) in [6.45, 7) is 3.69. The van der Waals surface area contributed by atoms with Crippen LogP contribution < -0.4 is 9.64 Å². The van der Waals surface area contributed by atoms with Gasteiger partial charge in [0.2, 0.25) is 5.95 Å². The van der Waals surface area contributed by atoms with Crippen molar-refractivity contribution in [1.29, 1.82) is 0 Å². The minimum Gasteiger partial charge on any atom is -0.467 e. The molecule has 1 aliphatic rings. The Bertz CT molecular complexity index is 1380. The summed E-state index contributed by atoms with van der Waals surface area (Å²) in [5.41, 5.74) is 3.94. The smallest absolute Gasteiger partial charge is 0.274 e. The molecule has 2 aromatic carbocycles. The van der Waals surface area contributed by atoms with Gasteiger partial charge in [-0.2, -0.15) is 0 Å². The molecule has 0 atom stereocenters. The molecule has 0 N–H and O–H groups in total. The summed E-state index contributed by atoms with van der Waals surface area (Å²) in [7, 11) is -3.20. The number of benzene rings is 2. The van der Waals surface area contributed by atoms with Crippen LogP contribution in [-0.4, -0.2) is 48.8 Å². The number of fused-ring (bicyclic) bond motifs is 1. The molecule has 3 heterocycles.